The van der Waals surface area contributed by atoms with Crippen LogP contribution < -0.4 is 4.90 Å². The van der Waals surface area contributed by atoms with Crippen LogP contribution in [0.15, 0.2) is 42.5 Å². The van der Waals surface area contributed by atoms with Crippen molar-refractivity contribution in [1.82, 2.24) is 9.88 Å². The number of hydrogen-bond acceptors (Lipinski definition) is 3. The Morgan fingerprint density at radius 2 is 1.70 bits per heavy atom. The summed E-state index contributed by atoms with van der Waals surface area (Å²) in [6.45, 7) is 2.37. The molecule has 1 saturated heterocycles. The number of carbonyl (C=O) groups is 1. The van der Waals surface area contributed by atoms with Gasteiger partial charge < -0.3 is 9.80 Å². The van der Waals surface area contributed by atoms with E-state index in [-0.39, 0.29) is 18.1 Å². The first-order chi connectivity index (χ1) is 11.1. The van der Waals surface area contributed by atoms with Crippen LogP contribution >= 0.6 is 0 Å². The third-order valence-electron chi connectivity index (χ3n) is 3.93. The number of pyridine rings is 1. The van der Waals surface area contributed by atoms with Crippen molar-refractivity contribution in [3.05, 3.63) is 59.8 Å². The van der Waals surface area contributed by atoms with Crippen LogP contribution in [0.1, 0.15) is 5.56 Å². The standard InChI is InChI=1S/C17H17F2N3O/c18-14-6-4-13(5-7-14)12-17(23)22-10-8-21(9-11-22)16-3-1-2-15(19)20-16/h1-7H,8-12H2. The highest BCUT2D eigenvalue weighted by Crippen LogP contribution is 2.15. The van der Waals surface area contributed by atoms with Crippen LogP contribution in [0.25, 0.3) is 0 Å². The Bertz CT molecular complexity index is 682. The van der Waals surface area contributed by atoms with Gasteiger partial charge in [0.2, 0.25) is 11.9 Å². The van der Waals surface area contributed by atoms with E-state index in [0.29, 0.717) is 32.0 Å². The summed E-state index contributed by atoms with van der Waals surface area (Å²) in [6, 6.07) is 10.7. The molecule has 1 fully saturated rings. The molecule has 4 nitrogen and oxygen atoms in total. The van der Waals surface area contributed by atoms with Gasteiger partial charge in [0.25, 0.3) is 0 Å². The lowest BCUT2D eigenvalue weighted by molar-refractivity contribution is -0.130. The second kappa shape index (κ2) is 6.73. The van der Waals surface area contributed by atoms with E-state index in [1.165, 1.54) is 18.2 Å². The van der Waals surface area contributed by atoms with E-state index in [0.717, 1.165) is 5.56 Å². The zero-order chi connectivity index (χ0) is 16.2. The number of halogens is 2. The maximum Gasteiger partial charge on any atom is 0.227 e. The molecule has 2 heterocycles. The molecule has 1 aromatic carbocycles. The van der Waals surface area contributed by atoms with Crippen molar-refractivity contribution in [3.63, 3.8) is 0 Å². The number of aromatic nitrogens is 1. The van der Waals surface area contributed by atoms with Gasteiger partial charge in [-0.1, -0.05) is 18.2 Å². The SMILES string of the molecule is O=C(Cc1ccc(F)cc1)N1CCN(c2cccc(F)n2)CC1. The van der Waals surface area contributed by atoms with E-state index < -0.39 is 5.95 Å². The van der Waals surface area contributed by atoms with Gasteiger partial charge in [0.05, 0.1) is 6.42 Å². The molecule has 1 aliphatic rings. The molecule has 1 aliphatic heterocycles. The third kappa shape index (κ3) is 3.83. The fourth-order valence-electron chi connectivity index (χ4n) is 2.65. The van der Waals surface area contributed by atoms with Crippen LogP contribution in [-0.2, 0) is 11.2 Å². The molecular formula is C17H17F2N3O. The zero-order valence-electron chi connectivity index (χ0n) is 12.6. The minimum absolute atomic E-state index is 0.0171. The summed E-state index contributed by atoms with van der Waals surface area (Å²) in [6.07, 6.45) is 0.262. The number of hydrogen-bond donors (Lipinski definition) is 0. The smallest absolute Gasteiger partial charge is 0.227 e. The van der Waals surface area contributed by atoms with Crippen molar-refractivity contribution in [2.45, 2.75) is 6.42 Å². The largest absolute Gasteiger partial charge is 0.353 e. The molecule has 0 radical (unpaired) electrons. The Morgan fingerprint density at radius 3 is 2.35 bits per heavy atom. The van der Waals surface area contributed by atoms with Crippen LogP contribution in [0, 0.1) is 11.8 Å². The van der Waals surface area contributed by atoms with Crippen molar-refractivity contribution in [3.8, 4) is 0 Å². The van der Waals surface area contributed by atoms with Crippen molar-refractivity contribution >= 4 is 11.7 Å². The summed E-state index contributed by atoms with van der Waals surface area (Å²) >= 11 is 0. The lowest BCUT2D eigenvalue weighted by Gasteiger charge is -2.35. The first kappa shape index (κ1) is 15.4. The molecule has 0 unspecified atom stereocenters. The lowest BCUT2D eigenvalue weighted by atomic mass is 10.1. The molecule has 0 aliphatic carbocycles. The minimum Gasteiger partial charge on any atom is -0.353 e. The second-order valence-corrected chi connectivity index (χ2v) is 5.49. The molecule has 1 amide bonds. The molecule has 2 aromatic rings. The van der Waals surface area contributed by atoms with Crippen LogP contribution in [0.4, 0.5) is 14.6 Å². The van der Waals surface area contributed by atoms with Gasteiger partial charge in [-0.2, -0.15) is 4.39 Å². The molecule has 0 spiro atoms. The molecule has 3 rings (SSSR count). The Hall–Kier alpha value is -2.50. The monoisotopic (exact) mass is 317 g/mol. The molecule has 0 bridgehead atoms. The van der Waals surface area contributed by atoms with E-state index in [4.69, 9.17) is 0 Å². The third-order valence-corrected chi connectivity index (χ3v) is 3.93. The van der Waals surface area contributed by atoms with E-state index in [1.807, 2.05) is 4.90 Å². The number of benzene rings is 1. The molecule has 1 aromatic heterocycles. The first-order valence-electron chi connectivity index (χ1n) is 7.51. The summed E-state index contributed by atoms with van der Waals surface area (Å²) in [4.78, 5) is 19.9. The summed E-state index contributed by atoms with van der Waals surface area (Å²) in [7, 11) is 0. The molecule has 120 valence electrons. The maximum absolute atomic E-state index is 13.2. The fraction of sp³-hybridized carbons (Fsp3) is 0.294. The van der Waals surface area contributed by atoms with Gasteiger partial charge in [-0.15, -0.1) is 0 Å². The predicted molar refractivity (Wildman–Crippen MR) is 83.1 cm³/mol. The molecule has 0 saturated carbocycles. The minimum atomic E-state index is -0.502. The number of rotatable bonds is 3. The van der Waals surface area contributed by atoms with Gasteiger partial charge >= 0.3 is 0 Å². The Balaban J connectivity index is 1.56. The van der Waals surface area contributed by atoms with Crippen molar-refractivity contribution in [2.24, 2.45) is 0 Å². The highest BCUT2D eigenvalue weighted by Gasteiger charge is 2.22. The van der Waals surface area contributed by atoms with Gasteiger partial charge in [0, 0.05) is 26.2 Å². The highest BCUT2D eigenvalue weighted by atomic mass is 19.1. The van der Waals surface area contributed by atoms with E-state index in [9.17, 15) is 13.6 Å². The summed E-state index contributed by atoms with van der Waals surface area (Å²) in [5.74, 6) is -0.200. The van der Waals surface area contributed by atoms with Crippen molar-refractivity contribution in [2.75, 3.05) is 31.1 Å². The number of nitrogens with zero attached hydrogens (tertiary/aromatic N) is 3. The van der Waals surface area contributed by atoms with Gasteiger partial charge in [-0.25, -0.2) is 9.37 Å². The summed E-state index contributed by atoms with van der Waals surface area (Å²) < 4.78 is 26.0. The van der Waals surface area contributed by atoms with Crippen molar-refractivity contribution < 1.29 is 13.6 Å². The number of piperazine rings is 1. The topological polar surface area (TPSA) is 36.4 Å². The van der Waals surface area contributed by atoms with Gasteiger partial charge in [0.1, 0.15) is 11.6 Å². The molecule has 0 N–H and O–H groups in total. The van der Waals surface area contributed by atoms with E-state index in [1.54, 1.807) is 29.2 Å². The average Bonchev–Trinajstić information content (AvgIpc) is 2.57. The molecular weight excluding hydrogens is 300 g/mol. The normalized spacial score (nSPS) is 14.9. The number of carbonyl (C=O) groups excluding carboxylic acids is 1. The van der Waals surface area contributed by atoms with Crippen LogP contribution in [0.5, 0.6) is 0 Å². The van der Waals surface area contributed by atoms with Crippen LogP contribution in [0.2, 0.25) is 0 Å². The van der Waals surface area contributed by atoms with Crippen LogP contribution in [0.3, 0.4) is 0 Å². The van der Waals surface area contributed by atoms with E-state index in [2.05, 4.69) is 4.98 Å². The van der Waals surface area contributed by atoms with Crippen LogP contribution in [-0.4, -0.2) is 42.0 Å². The molecule has 6 heteroatoms. The zero-order valence-corrected chi connectivity index (χ0v) is 12.6. The van der Waals surface area contributed by atoms with Crippen molar-refractivity contribution in [1.29, 1.82) is 0 Å². The van der Waals surface area contributed by atoms with Gasteiger partial charge in [-0.3, -0.25) is 4.79 Å². The van der Waals surface area contributed by atoms with E-state index >= 15 is 0 Å². The highest BCUT2D eigenvalue weighted by molar-refractivity contribution is 5.79. The maximum atomic E-state index is 13.2. The summed E-state index contributed by atoms with van der Waals surface area (Å²) in [5, 5.41) is 0. The first-order valence-corrected chi connectivity index (χ1v) is 7.51. The Labute approximate surface area is 133 Å². The Morgan fingerprint density at radius 1 is 1.00 bits per heavy atom. The summed E-state index contributed by atoms with van der Waals surface area (Å²) in [5.41, 5.74) is 0.797. The second-order valence-electron chi connectivity index (χ2n) is 5.49. The lowest BCUT2D eigenvalue weighted by Crippen LogP contribution is -2.49. The van der Waals surface area contributed by atoms with Gasteiger partial charge in [0.15, 0.2) is 0 Å². The number of amides is 1. The predicted octanol–water partition coefficient (Wildman–Crippen LogP) is 2.25. The average molecular weight is 317 g/mol. The molecule has 0 atom stereocenters. The van der Waals surface area contributed by atoms with Gasteiger partial charge in [-0.05, 0) is 29.8 Å². The Kier molecular flexibility index (Phi) is 4.50. The fourth-order valence-corrected chi connectivity index (χ4v) is 2.65. The molecule has 23 heavy (non-hydrogen) atoms. The number of anilines is 1. The quantitative estimate of drug-likeness (QED) is 0.815.